The minimum absolute atomic E-state index is 0.680. The number of hydrogen-bond acceptors (Lipinski definition) is 2. The number of para-hydroxylation sites is 1. The number of hydrogen-bond donors (Lipinski definition) is 1. The molecule has 0 radical (unpaired) electrons. The average molecular weight is 241 g/mol. The lowest BCUT2D eigenvalue weighted by molar-refractivity contribution is -0.105. The summed E-state index contributed by atoms with van der Waals surface area (Å²) in [6.45, 7) is 3.89. The third-order valence-corrected chi connectivity index (χ3v) is 2.71. The first-order valence-electron chi connectivity index (χ1n) is 5.75. The number of benzene rings is 2. The molecule has 0 aliphatic heterocycles. The van der Waals surface area contributed by atoms with Crippen LogP contribution < -0.4 is 10.1 Å². The van der Waals surface area contributed by atoms with Crippen molar-refractivity contribution in [3.8, 4) is 11.5 Å². The van der Waals surface area contributed by atoms with Crippen molar-refractivity contribution in [1.29, 1.82) is 0 Å². The summed E-state index contributed by atoms with van der Waals surface area (Å²) in [5.74, 6) is 1.60. The number of carbonyl (C=O) groups excluding carboxylic acids is 1. The molecular weight excluding hydrogens is 226 g/mol. The highest BCUT2D eigenvalue weighted by atomic mass is 16.5. The summed E-state index contributed by atoms with van der Waals surface area (Å²) in [5.41, 5.74) is 2.76. The van der Waals surface area contributed by atoms with Crippen LogP contribution in [0, 0.1) is 13.8 Å². The number of aryl methyl sites for hydroxylation is 2. The normalized spacial score (nSPS) is 9.89. The average Bonchev–Trinajstić information content (AvgIpc) is 2.37. The van der Waals surface area contributed by atoms with Gasteiger partial charge < -0.3 is 10.1 Å². The second kappa shape index (κ2) is 5.36. The zero-order valence-electron chi connectivity index (χ0n) is 10.4. The van der Waals surface area contributed by atoms with E-state index >= 15 is 0 Å². The molecule has 0 saturated heterocycles. The second-order valence-electron chi connectivity index (χ2n) is 4.11. The van der Waals surface area contributed by atoms with Crippen molar-refractivity contribution >= 4 is 12.1 Å². The molecule has 0 spiro atoms. The lowest BCUT2D eigenvalue weighted by Crippen LogP contribution is -1.98. The van der Waals surface area contributed by atoms with Gasteiger partial charge in [-0.2, -0.15) is 0 Å². The van der Waals surface area contributed by atoms with Crippen molar-refractivity contribution in [3.05, 3.63) is 53.6 Å². The first-order valence-corrected chi connectivity index (χ1v) is 5.75. The van der Waals surface area contributed by atoms with E-state index in [0.717, 1.165) is 28.3 Å². The molecule has 0 aliphatic rings. The number of ether oxygens (including phenoxy) is 1. The van der Waals surface area contributed by atoms with Crippen molar-refractivity contribution in [1.82, 2.24) is 0 Å². The van der Waals surface area contributed by atoms with E-state index in [1.165, 1.54) is 0 Å². The van der Waals surface area contributed by atoms with Gasteiger partial charge in [0.05, 0.1) is 0 Å². The summed E-state index contributed by atoms with van der Waals surface area (Å²) in [6, 6.07) is 13.5. The summed E-state index contributed by atoms with van der Waals surface area (Å²) in [7, 11) is 0. The zero-order chi connectivity index (χ0) is 13.0. The first kappa shape index (κ1) is 12.2. The van der Waals surface area contributed by atoms with E-state index in [9.17, 15) is 4.79 Å². The molecular formula is C15H15NO2. The van der Waals surface area contributed by atoms with E-state index in [4.69, 9.17) is 4.74 Å². The van der Waals surface area contributed by atoms with Gasteiger partial charge in [-0.25, -0.2) is 0 Å². The molecule has 3 heteroatoms. The Labute approximate surface area is 106 Å². The zero-order valence-corrected chi connectivity index (χ0v) is 10.4. The molecule has 0 bridgehead atoms. The van der Waals surface area contributed by atoms with Gasteiger partial charge in [0.1, 0.15) is 11.5 Å². The van der Waals surface area contributed by atoms with Gasteiger partial charge in [-0.3, -0.25) is 4.79 Å². The molecule has 1 N–H and O–H groups in total. The fraction of sp³-hybridized carbons (Fsp3) is 0.133. The minimum Gasteiger partial charge on any atom is -0.457 e. The Balaban J connectivity index is 2.29. The Kier molecular flexibility index (Phi) is 3.63. The molecule has 2 aromatic carbocycles. The van der Waals surface area contributed by atoms with Crippen molar-refractivity contribution in [2.24, 2.45) is 0 Å². The van der Waals surface area contributed by atoms with Crippen molar-refractivity contribution in [2.45, 2.75) is 13.8 Å². The summed E-state index contributed by atoms with van der Waals surface area (Å²) >= 11 is 0. The molecule has 0 atom stereocenters. The maximum Gasteiger partial charge on any atom is 0.211 e. The van der Waals surface area contributed by atoms with Gasteiger partial charge in [0, 0.05) is 5.69 Å². The number of carbonyl (C=O) groups is 1. The molecule has 2 aromatic rings. The third kappa shape index (κ3) is 2.69. The van der Waals surface area contributed by atoms with Crippen molar-refractivity contribution < 1.29 is 9.53 Å². The van der Waals surface area contributed by atoms with E-state index in [2.05, 4.69) is 5.32 Å². The quantitative estimate of drug-likeness (QED) is 0.829. The molecule has 0 heterocycles. The fourth-order valence-corrected chi connectivity index (χ4v) is 1.73. The molecule has 0 unspecified atom stereocenters. The lowest BCUT2D eigenvalue weighted by Gasteiger charge is -2.12. The Morgan fingerprint density at radius 3 is 2.44 bits per heavy atom. The second-order valence-corrected chi connectivity index (χ2v) is 4.11. The smallest absolute Gasteiger partial charge is 0.211 e. The number of amides is 1. The summed E-state index contributed by atoms with van der Waals surface area (Å²) in [4.78, 5) is 10.5. The topological polar surface area (TPSA) is 38.3 Å². The van der Waals surface area contributed by atoms with Crippen LogP contribution in [-0.4, -0.2) is 6.41 Å². The van der Waals surface area contributed by atoms with Gasteiger partial charge in [-0.05, 0) is 49.2 Å². The summed E-state index contributed by atoms with van der Waals surface area (Å²) in [6.07, 6.45) is 0.680. The van der Waals surface area contributed by atoms with Crippen LogP contribution in [0.4, 0.5) is 5.69 Å². The Morgan fingerprint density at radius 2 is 1.78 bits per heavy atom. The monoisotopic (exact) mass is 241 g/mol. The van der Waals surface area contributed by atoms with E-state index in [-0.39, 0.29) is 0 Å². The third-order valence-electron chi connectivity index (χ3n) is 2.71. The Morgan fingerprint density at radius 1 is 1.06 bits per heavy atom. The summed E-state index contributed by atoms with van der Waals surface area (Å²) in [5, 5.41) is 2.67. The molecule has 0 aliphatic carbocycles. The number of anilines is 1. The highest BCUT2D eigenvalue weighted by Gasteiger charge is 2.06. The van der Waals surface area contributed by atoms with Gasteiger partial charge in [-0.15, -0.1) is 0 Å². The van der Waals surface area contributed by atoms with Crippen LogP contribution in [0.25, 0.3) is 0 Å². The van der Waals surface area contributed by atoms with Crippen molar-refractivity contribution in [3.63, 3.8) is 0 Å². The molecule has 2 rings (SSSR count). The van der Waals surface area contributed by atoms with E-state index in [0.29, 0.717) is 6.41 Å². The first-order chi connectivity index (χ1) is 8.70. The van der Waals surface area contributed by atoms with Crippen molar-refractivity contribution in [2.75, 3.05) is 5.32 Å². The SMILES string of the molecule is Cc1cc(Oc2ccccc2)c(C)cc1NC=O. The van der Waals surface area contributed by atoms with Crippen LogP contribution in [0.5, 0.6) is 11.5 Å². The van der Waals surface area contributed by atoms with Gasteiger partial charge in [-0.1, -0.05) is 18.2 Å². The largest absolute Gasteiger partial charge is 0.457 e. The Bertz CT molecular complexity index is 550. The maximum atomic E-state index is 10.5. The van der Waals surface area contributed by atoms with Crippen LogP contribution in [0.1, 0.15) is 11.1 Å². The predicted molar refractivity (Wildman–Crippen MR) is 72.1 cm³/mol. The van der Waals surface area contributed by atoms with E-state index < -0.39 is 0 Å². The predicted octanol–water partition coefficient (Wildman–Crippen LogP) is 3.66. The molecule has 0 saturated carbocycles. The highest BCUT2D eigenvalue weighted by Crippen LogP contribution is 2.29. The molecule has 1 amide bonds. The van der Waals surface area contributed by atoms with E-state index in [1.54, 1.807) is 0 Å². The van der Waals surface area contributed by atoms with Crippen LogP contribution in [-0.2, 0) is 4.79 Å². The summed E-state index contributed by atoms with van der Waals surface area (Å²) < 4.78 is 5.81. The maximum absolute atomic E-state index is 10.5. The standard InChI is InChI=1S/C15H15NO2/c1-11-9-15(12(2)8-14(11)16-10-17)18-13-6-4-3-5-7-13/h3-10H,1-2H3,(H,16,17). The van der Waals surface area contributed by atoms with E-state index in [1.807, 2.05) is 56.3 Å². The molecule has 18 heavy (non-hydrogen) atoms. The molecule has 3 nitrogen and oxygen atoms in total. The molecule has 92 valence electrons. The van der Waals surface area contributed by atoms with Crippen LogP contribution in [0.15, 0.2) is 42.5 Å². The van der Waals surface area contributed by atoms with Gasteiger partial charge in [0.15, 0.2) is 0 Å². The molecule has 0 aromatic heterocycles. The van der Waals surface area contributed by atoms with Crippen LogP contribution >= 0.6 is 0 Å². The number of nitrogens with one attached hydrogen (secondary N) is 1. The highest BCUT2D eigenvalue weighted by molar-refractivity contribution is 5.74. The van der Waals surface area contributed by atoms with Gasteiger partial charge in [0.25, 0.3) is 0 Å². The van der Waals surface area contributed by atoms with Gasteiger partial charge in [0.2, 0.25) is 6.41 Å². The Hall–Kier alpha value is -2.29. The lowest BCUT2D eigenvalue weighted by atomic mass is 10.1. The fourth-order valence-electron chi connectivity index (χ4n) is 1.73. The van der Waals surface area contributed by atoms with Crippen LogP contribution in [0.2, 0.25) is 0 Å². The molecule has 0 fully saturated rings. The minimum atomic E-state index is 0.680. The van der Waals surface area contributed by atoms with Crippen LogP contribution in [0.3, 0.4) is 0 Å². The number of rotatable bonds is 4. The van der Waals surface area contributed by atoms with Gasteiger partial charge >= 0.3 is 0 Å².